The van der Waals surface area contributed by atoms with Crippen LogP contribution in [0.15, 0.2) is 59.5 Å². The summed E-state index contributed by atoms with van der Waals surface area (Å²) in [6.07, 6.45) is 2.87. The molecule has 0 saturated carbocycles. The van der Waals surface area contributed by atoms with Gasteiger partial charge in [0.25, 0.3) is 0 Å². The van der Waals surface area contributed by atoms with Crippen LogP contribution in [-0.2, 0) is 0 Å². The molecule has 110 valence electrons. The van der Waals surface area contributed by atoms with Gasteiger partial charge < -0.3 is 10.6 Å². The Morgan fingerprint density at radius 3 is 2.57 bits per heavy atom. The molecule has 1 unspecified atom stereocenters. The summed E-state index contributed by atoms with van der Waals surface area (Å²) >= 11 is 1.65. The first-order valence-electron chi connectivity index (χ1n) is 6.99. The van der Waals surface area contributed by atoms with Crippen LogP contribution >= 0.6 is 11.8 Å². The van der Waals surface area contributed by atoms with E-state index < -0.39 is 0 Å². The van der Waals surface area contributed by atoms with E-state index >= 15 is 0 Å². The summed E-state index contributed by atoms with van der Waals surface area (Å²) in [6, 6.07) is 17.7. The van der Waals surface area contributed by atoms with E-state index in [0.717, 1.165) is 22.6 Å². The Balaban J connectivity index is 2.00. The van der Waals surface area contributed by atoms with Gasteiger partial charge in [0, 0.05) is 10.6 Å². The monoisotopic (exact) mass is 300 g/mol. The fourth-order valence-electron chi connectivity index (χ4n) is 2.13. The maximum atomic E-state index is 12.1. The molecule has 1 atom stereocenters. The molecular weight excluding hydrogens is 280 g/mol. The number of rotatable bonds is 5. The van der Waals surface area contributed by atoms with Crippen molar-refractivity contribution in [3.8, 4) is 0 Å². The second-order valence-corrected chi connectivity index (χ2v) is 5.58. The lowest BCUT2D eigenvalue weighted by Gasteiger charge is -2.18. The van der Waals surface area contributed by atoms with Crippen LogP contribution in [0, 0.1) is 0 Å². The minimum absolute atomic E-state index is 0.0231. The highest BCUT2D eigenvalue weighted by atomic mass is 32.2. The van der Waals surface area contributed by atoms with Crippen LogP contribution in [-0.4, -0.2) is 12.3 Å². The lowest BCUT2D eigenvalue weighted by Crippen LogP contribution is -2.32. The van der Waals surface area contributed by atoms with E-state index in [-0.39, 0.29) is 12.1 Å². The maximum Gasteiger partial charge on any atom is 0.319 e. The van der Waals surface area contributed by atoms with Gasteiger partial charge in [-0.2, -0.15) is 0 Å². The zero-order valence-electron chi connectivity index (χ0n) is 12.3. The smallest absolute Gasteiger partial charge is 0.319 e. The van der Waals surface area contributed by atoms with Gasteiger partial charge in [0.2, 0.25) is 0 Å². The number of benzene rings is 2. The van der Waals surface area contributed by atoms with Crippen molar-refractivity contribution in [1.82, 2.24) is 5.32 Å². The average Bonchev–Trinajstić information content (AvgIpc) is 2.53. The number of carbonyl (C=O) groups is 1. The Bertz CT molecular complexity index is 586. The molecule has 0 fully saturated rings. The van der Waals surface area contributed by atoms with E-state index in [1.807, 2.05) is 60.9 Å². The van der Waals surface area contributed by atoms with Crippen molar-refractivity contribution in [2.75, 3.05) is 11.6 Å². The third-order valence-electron chi connectivity index (χ3n) is 3.24. The van der Waals surface area contributed by atoms with Gasteiger partial charge in [0.05, 0.1) is 6.04 Å². The fourth-order valence-corrected chi connectivity index (χ4v) is 2.59. The first-order chi connectivity index (χ1) is 10.2. The molecule has 0 aliphatic rings. The number of nitrogens with one attached hydrogen (secondary N) is 2. The van der Waals surface area contributed by atoms with Crippen LogP contribution in [0.4, 0.5) is 10.5 Å². The normalized spacial score (nSPS) is 11.7. The average molecular weight is 300 g/mol. The lowest BCUT2D eigenvalue weighted by atomic mass is 10.1. The van der Waals surface area contributed by atoms with Crippen molar-refractivity contribution in [1.29, 1.82) is 0 Å². The molecule has 4 heteroatoms. The summed E-state index contributed by atoms with van der Waals surface area (Å²) in [4.78, 5) is 13.3. The van der Waals surface area contributed by atoms with Crippen LogP contribution < -0.4 is 10.6 Å². The fraction of sp³-hybridized carbons (Fsp3) is 0.235. The number of hydrogen-bond acceptors (Lipinski definition) is 2. The minimum Gasteiger partial charge on any atom is -0.331 e. The highest BCUT2D eigenvalue weighted by molar-refractivity contribution is 7.98. The van der Waals surface area contributed by atoms with Crippen molar-refractivity contribution >= 4 is 23.5 Å². The largest absolute Gasteiger partial charge is 0.331 e. The van der Waals surface area contributed by atoms with Crippen molar-refractivity contribution in [3.63, 3.8) is 0 Å². The van der Waals surface area contributed by atoms with Crippen LogP contribution in [0.2, 0.25) is 0 Å². The van der Waals surface area contributed by atoms with Crippen molar-refractivity contribution in [2.24, 2.45) is 0 Å². The van der Waals surface area contributed by atoms with E-state index in [1.54, 1.807) is 11.8 Å². The molecule has 2 aromatic carbocycles. The molecule has 0 bridgehead atoms. The molecule has 0 saturated heterocycles. The standard InChI is InChI=1S/C17H20N2OS/c1-3-16(13-8-5-4-6-9-13)19-17(20)18-14-10-7-11-15(12-14)21-2/h4-12,16H,3H2,1-2H3,(H2,18,19,20). The topological polar surface area (TPSA) is 41.1 Å². The quantitative estimate of drug-likeness (QED) is 0.787. The molecule has 2 rings (SSSR count). The van der Waals surface area contributed by atoms with Crippen molar-refractivity contribution in [3.05, 3.63) is 60.2 Å². The molecule has 0 aliphatic carbocycles. The van der Waals surface area contributed by atoms with Gasteiger partial charge in [0.1, 0.15) is 0 Å². The highest BCUT2D eigenvalue weighted by Gasteiger charge is 2.12. The second-order valence-electron chi connectivity index (χ2n) is 4.70. The predicted molar refractivity (Wildman–Crippen MR) is 89.9 cm³/mol. The Morgan fingerprint density at radius 1 is 1.14 bits per heavy atom. The Morgan fingerprint density at radius 2 is 1.90 bits per heavy atom. The predicted octanol–water partition coefficient (Wildman–Crippen LogP) is 4.68. The molecule has 0 aliphatic heterocycles. The molecule has 0 aromatic heterocycles. The summed E-state index contributed by atoms with van der Waals surface area (Å²) in [6.45, 7) is 2.06. The van der Waals surface area contributed by atoms with E-state index in [2.05, 4.69) is 17.6 Å². The van der Waals surface area contributed by atoms with Gasteiger partial charge in [-0.25, -0.2) is 4.79 Å². The van der Waals surface area contributed by atoms with Crippen LogP contribution in [0.25, 0.3) is 0 Å². The van der Waals surface area contributed by atoms with E-state index in [4.69, 9.17) is 0 Å². The summed E-state index contributed by atoms with van der Waals surface area (Å²) in [5, 5.41) is 5.90. The zero-order valence-corrected chi connectivity index (χ0v) is 13.1. The number of amides is 2. The van der Waals surface area contributed by atoms with E-state index in [0.29, 0.717) is 0 Å². The van der Waals surface area contributed by atoms with E-state index in [9.17, 15) is 4.79 Å². The van der Waals surface area contributed by atoms with Gasteiger partial charge in [-0.1, -0.05) is 43.3 Å². The Hall–Kier alpha value is -1.94. The molecule has 0 heterocycles. The Labute approximate surface area is 130 Å². The molecule has 3 nitrogen and oxygen atoms in total. The molecular formula is C17H20N2OS. The third kappa shape index (κ3) is 4.53. The van der Waals surface area contributed by atoms with Crippen LogP contribution in [0.1, 0.15) is 24.9 Å². The molecule has 21 heavy (non-hydrogen) atoms. The minimum atomic E-state index is -0.177. The van der Waals surface area contributed by atoms with Crippen molar-refractivity contribution < 1.29 is 4.79 Å². The SMILES string of the molecule is CCC(NC(=O)Nc1cccc(SC)c1)c1ccccc1. The summed E-state index contributed by atoms with van der Waals surface area (Å²) in [7, 11) is 0. The highest BCUT2D eigenvalue weighted by Crippen LogP contribution is 2.20. The second kappa shape index (κ2) is 7.74. The maximum absolute atomic E-state index is 12.1. The van der Waals surface area contributed by atoms with Crippen LogP contribution in [0.3, 0.4) is 0 Å². The van der Waals surface area contributed by atoms with Crippen LogP contribution in [0.5, 0.6) is 0 Å². The molecule has 0 radical (unpaired) electrons. The van der Waals surface area contributed by atoms with E-state index in [1.165, 1.54) is 0 Å². The molecule has 2 amide bonds. The van der Waals surface area contributed by atoms with Crippen molar-refractivity contribution in [2.45, 2.75) is 24.3 Å². The zero-order chi connectivity index (χ0) is 15.1. The van der Waals surface area contributed by atoms with Gasteiger partial charge in [-0.05, 0) is 36.4 Å². The third-order valence-corrected chi connectivity index (χ3v) is 3.97. The number of carbonyl (C=O) groups excluding carboxylic acids is 1. The summed E-state index contributed by atoms with van der Waals surface area (Å²) in [5.74, 6) is 0. The molecule has 2 aromatic rings. The first kappa shape index (κ1) is 15.4. The number of anilines is 1. The molecule has 0 spiro atoms. The van der Waals surface area contributed by atoms with Gasteiger partial charge >= 0.3 is 6.03 Å². The number of urea groups is 1. The summed E-state index contributed by atoms with van der Waals surface area (Å²) in [5.41, 5.74) is 1.93. The Kier molecular flexibility index (Phi) is 5.69. The summed E-state index contributed by atoms with van der Waals surface area (Å²) < 4.78 is 0. The number of thioether (sulfide) groups is 1. The van der Waals surface area contributed by atoms with Gasteiger partial charge in [-0.3, -0.25) is 0 Å². The number of hydrogen-bond donors (Lipinski definition) is 2. The van der Waals surface area contributed by atoms with Gasteiger partial charge in [0.15, 0.2) is 0 Å². The molecule has 2 N–H and O–H groups in total. The first-order valence-corrected chi connectivity index (χ1v) is 8.22. The lowest BCUT2D eigenvalue weighted by molar-refractivity contribution is 0.248. The van der Waals surface area contributed by atoms with Gasteiger partial charge in [-0.15, -0.1) is 11.8 Å².